The molecule has 0 spiro atoms. The molecule has 0 aromatic heterocycles. The number of hydrogen-bond acceptors (Lipinski definition) is 4. The van der Waals surface area contributed by atoms with Gasteiger partial charge in [-0.3, -0.25) is 4.79 Å². The standard InChI is InChI=1S/C15H23NO4/c1-11-5-6-14(19-4)13(9-11)12(2)16-15(17)10-20-8-7-18-3/h5-6,9,12H,7-8,10H2,1-4H3,(H,16,17). The molecule has 112 valence electrons. The van der Waals surface area contributed by atoms with Crippen molar-refractivity contribution >= 4 is 5.91 Å². The third-order valence-electron chi connectivity index (χ3n) is 2.89. The summed E-state index contributed by atoms with van der Waals surface area (Å²) in [6.07, 6.45) is 0. The quantitative estimate of drug-likeness (QED) is 0.739. The average molecular weight is 281 g/mol. The molecule has 0 saturated carbocycles. The van der Waals surface area contributed by atoms with Gasteiger partial charge in [0.25, 0.3) is 0 Å². The molecule has 0 heterocycles. The lowest BCUT2D eigenvalue weighted by atomic mass is 10.0. The molecule has 0 aliphatic carbocycles. The van der Waals surface area contributed by atoms with Crippen molar-refractivity contribution in [2.75, 3.05) is 34.0 Å². The van der Waals surface area contributed by atoms with Gasteiger partial charge in [-0.05, 0) is 19.9 Å². The first-order valence-corrected chi connectivity index (χ1v) is 6.59. The van der Waals surface area contributed by atoms with E-state index in [4.69, 9.17) is 14.2 Å². The molecule has 0 fully saturated rings. The molecule has 1 unspecified atom stereocenters. The number of ether oxygens (including phenoxy) is 3. The highest BCUT2D eigenvalue weighted by molar-refractivity contribution is 5.77. The maximum Gasteiger partial charge on any atom is 0.246 e. The van der Waals surface area contributed by atoms with Crippen LogP contribution >= 0.6 is 0 Å². The smallest absolute Gasteiger partial charge is 0.246 e. The van der Waals surface area contributed by atoms with Crippen molar-refractivity contribution in [3.63, 3.8) is 0 Å². The van der Waals surface area contributed by atoms with Gasteiger partial charge in [0.15, 0.2) is 0 Å². The van der Waals surface area contributed by atoms with E-state index >= 15 is 0 Å². The summed E-state index contributed by atoms with van der Waals surface area (Å²) in [6.45, 7) is 4.85. The minimum atomic E-state index is -0.155. The molecule has 1 N–H and O–H groups in total. The van der Waals surface area contributed by atoms with E-state index in [0.717, 1.165) is 16.9 Å². The van der Waals surface area contributed by atoms with Gasteiger partial charge in [0.1, 0.15) is 12.4 Å². The fraction of sp³-hybridized carbons (Fsp3) is 0.533. The van der Waals surface area contributed by atoms with E-state index in [1.165, 1.54) is 0 Å². The van der Waals surface area contributed by atoms with Gasteiger partial charge in [-0.25, -0.2) is 0 Å². The summed E-state index contributed by atoms with van der Waals surface area (Å²) in [7, 11) is 3.21. The summed E-state index contributed by atoms with van der Waals surface area (Å²) in [4.78, 5) is 11.8. The van der Waals surface area contributed by atoms with Crippen molar-refractivity contribution in [3.8, 4) is 5.75 Å². The Morgan fingerprint density at radius 3 is 2.70 bits per heavy atom. The van der Waals surface area contributed by atoms with Gasteiger partial charge in [-0.1, -0.05) is 17.7 Å². The summed E-state index contributed by atoms with van der Waals surface area (Å²) >= 11 is 0. The number of hydrogen-bond donors (Lipinski definition) is 1. The van der Waals surface area contributed by atoms with Gasteiger partial charge in [-0.15, -0.1) is 0 Å². The predicted octanol–water partition coefficient (Wildman–Crippen LogP) is 1.84. The van der Waals surface area contributed by atoms with Gasteiger partial charge in [0.2, 0.25) is 5.91 Å². The number of rotatable bonds is 8. The molecule has 0 radical (unpaired) electrons. The van der Waals surface area contributed by atoms with Crippen molar-refractivity contribution in [3.05, 3.63) is 29.3 Å². The fourth-order valence-corrected chi connectivity index (χ4v) is 1.86. The second-order valence-corrected chi connectivity index (χ2v) is 4.58. The number of benzene rings is 1. The zero-order valence-corrected chi connectivity index (χ0v) is 12.6. The first-order valence-electron chi connectivity index (χ1n) is 6.59. The van der Waals surface area contributed by atoms with E-state index in [1.54, 1.807) is 14.2 Å². The van der Waals surface area contributed by atoms with E-state index in [0.29, 0.717) is 13.2 Å². The van der Waals surface area contributed by atoms with E-state index in [1.807, 2.05) is 32.0 Å². The molecule has 20 heavy (non-hydrogen) atoms. The number of aryl methyl sites for hydroxylation is 1. The summed E-state index contributed by atoms with van der Waals surface area (Å²) in [6, 6.07) is 5.76. The SMILES string of the molecule is COCCOCC(=O)NC(C)c1cc(C)ccc1OC. The Morgan fingerprint density at radius 2 is 2.05 bits per heavy atom. The lowest BCUT2D eigenvalue weighted by Gasteiger charge is -2.18. The molecule has 5 heteroatoms. The van der Waals surface area contributed by atoms with Crippen LogP contribution in [-0.2, 0) is 14.3 Å². The molecule has 1 aromatic carbocycles. The molecular weight excluding hydrogens is 258 g/mol. The van der Waals surface area contributed by atoms with Crippen LogP contribution in [0.3, 0.4) is 0 Å². The number of carbonyl (C=O) groups excluding carboxylic acids is 1. The second-order valence-electron chi connectivity index (χ2n) is 4.58. The maximum atomic E-state index is 11.8. The normalized spacial score (nSPS) is 12.0. The lowest BCUT2D eigenvalue weighted by molar-refractivity contribution is -0.126. The Labute approximate surface area is 120 Å². The Morgan fingerprint density at radius 1 is 1.30 bits per heavy atom. The minimum absolute atomic E-state index is 0.0296. The van der Waals surface area contributed by atoms with Crippen molar-refractivity contribution in [2.45, 2.75) is 19.9 Å². The zero-order valence-electron chi connectivity index (χ0n) is 12.6. The monoisotopic (exact) mass is 281 g/mol. The van der Waals surface area contributed by atoms with Gasteiger partial charge in [0.05, 0.1) is 26.4 Å². The lowest BCUT2D eigenvalue weighted by Crippen LogP contribution is -2.30. The summed E-state index contributed by atoms with van der Waals surface area (Å²) in [5.41, 5.74) is 2.08. The summed E-state index contributed by atoms with van der Waals surface area (Å²) in [5, 5.41) is 2.89. The van der Waals surface area contributed by atoms with Crippen molar-refractivity contribution in [2.24, 2.45) is 0 Å². The third kappa shape index (κ3) is 5.19. The molecule has 0 aliphatic rings. The van der Waals surface area contributed by atoms with Crippen LogP contribution in [0.15, 0.2) is 18.2 Å². The number of amides is 1. The molecule has 1 rings (SSSR count). The number of methoxy groups -OCH3 is 2. The topological polar surface area (TPSA) is 56.8 Å². The third-order valence-corrected chi connectivity index (χ3v) is 2.89. The van der Waals surface area contributed by atoms with Crippen LogP contribution in [0.25, 0.3) is 0 Å². The average Bonchev–Trinajstić information content (AvgIpc) is 2.43. The van der Waals surface area contributed by atoms with Crippen molar-refractivity contribution in [1.29, 1.82) is 0 Å². The highest BCUT2D eigenvalue weighted by Crippen LogP contribution is 2.25. The maximum absolute atomic E-state index is 11.8. The predicted molar refractivity (Wildman–Crippen MR) is 77.0 cm³/mol. The fourth-order valence-electron chi connectivity index (χ4n) is 1.86. The first kappa shape index (κ1) is 16.5. The van der Waals surface area contributed by atoms with E-state index < -0.39 is 0 Å². The molecule has 1 atom stereocenters. The molecule has 0 saturated heterocycles. The Bertz CT molecular complexity index is 434. The van der Waals surface area contributed by atoms with Crippen LogP contribution in [-0.4, -0.2) is 39.9 Å². The van der Waals surface area contributed by atoms with Gasteiger partial charge >= 0.3 is 0 Å². The molecule has 5 nitrogen and oxygen atoms in total. The van der Waals surface area contributed by atoms with Crippen LogP contribution in [0, 0.1) is 6.92 Å². The molecule has 1 aromatic rings. The molecule has 0 bridgehead atoms. The molecule has 1 amide bonds. The van der Waals surface area contributed by atoms with Gasteiger partial charge < -0.3 is 19.5 Å². The summed E-state index contributed by atoms with van der Waals surface area (Å²) < 4.78 is 15.3. The Balaban J connectivity index is 2.55. The van der Waals surface area contributed by atoms with E-state index in [-0.39, 0.29) is 18.6 Å². The van der Waals surface area contributed by atoms with E-state index in [2.05, 4.69) is 5.32 Å². The minimum Gasteiger partial charge on any atom is -0.496 e. The highest BCUT2D eigenvalue weighted by Gasteiger charge is 2.14. The van der Waals surface area contributed by atoms with Crippen LogP contribution < -0.4 is 10.1 Å². The second kappa shape index (κ2) is 8.55. The van der Waals surface area contributed by atoms with E-state index in [9.17, 15) is 4.79 Å². The summed E-state index contributed by atoms with van der Waals surface area (Å²) in [5.74, 6) is 0.612. The highest BCUT2D eigenvalue weighted by atomic mass is 16.5. The van der Waals surface area contributed by atoms with Crippen molar-refractivity contribution < 1.29 is 19.0 Å². The zero-order chi connectivity index (χ0) is 15.0. The largest absolute Gasteiger partial charge is 0.496 e. The van der Waals surface area contributed by atoms with Gasteiger partial charge in [-0.2, -0.15) is 0 Å². The molecular formula is C15H23NO4. The van der Waals surface area contributed by atoms with Crippen LogP contribution in [0.4, 0.5) is 0 Å². The Kier molecular flexibility index (Phi) is 7.04. The van der Waals surface area contributed by atoms with Crippen molar-refractivity contribution in [1.82, 2.24) is 5.32 Å². The molecule has 0 aliphatic heterocycles. The number of carbonyl (C=O) groups is 1. The Hall–Kier alpha value is -1.59. The van der Waals surface area contributed by atoms with Crippen LogP contribution in [0.1, 0.15) is 24.1 Å². The van der Waals surface area contributed by atoms with Crippen LogP contribution in [0.2, 0.25) is 0 Å². The van der Waals surface area contributed by atoms with Gasteiger partial charge in [0, 0.05) is 12.7 Å². The first-order chi connectivity index (χ1) is 9.58. The number of nitrogens with one attached hydrogen (secondary N) is 1. The van der Waals surface area contributed by atoms with Crippen LogP contribution in [0.5, 0.6) is 5.75 Å².